The van der Waals surface area contributed by atoms with Crippen LogP contribution in [-0.2, 0) is 4.74 Å². The molecule has 0 unspecified atom stereocenters. The van der Waals surface area contributed by atoms with Crippen LogP contribution >= 0.6 is 0 Å². The van der Waals surface area contributed by atoms with Crippen molar-refractivity contribution in [2.45, 2.75) is 31.5 Å². The van der Waals surface area contributed by atoms with Gasteiger partial charge in [-0.2, -0.15) is 0 Å². The summed E-state index contributed by atoms with van der Waals surface area (Å²) in [6, 6.07) is 0. The first-order chi connectivity index (χ1) is 9.54. The van der Waals surface area contributed by atoms with E-state index in [9.17, 15) is 9.50 Å². The molecule has 3 heterocycles. The molecule has 0 aliphatic carbocycles. The second kappa shape index (κ2) is 4.65. The molecule has 1 aliphatic heterocycles. The number of hydrogen-bond acceptors (Lipinski definition) is 6. The number of fused-ring (bicyclic) bond motifs is 1. The van der Waals surface area contributed by atoms with Gasteiger partial charge in [-0.1, -0.05) is 0 Å². The lowest BCUT2D eigenvalue weighted by molar-refractivity contribution is -0.0457. The maximum absolute atomic E-state index is 14.2. The highest BCUT2D eigenvalue weighted by Gasteiger charge is 2.45. The number of hydrogen-bond donors (Lipinski definition) is 3. The van der Waals surface area contributed by atoms with Gasteiger partial charge in [0.2, 0.25) is 0 Å². The van der Waals surface area contributed by atoms with Gasteiger partial charge in [0.05, 0.1) is 12.0 Å². The summed E-state index contributed by atoms with van der Waals surface area (Å²) in [5.74, 6) is 0.305. The van der Waals surface area contributed by atoms with Crippen molar-refractivity contribution in [2.24, 2.45) is 0 Å². The molecular weight excluding hydrogens is 267 g/mol. The van der Waals surface area contributed by atoms with E-state index in [2.05, 4.69) is 9.97 Å². The molecule has 1 fully saturated rings. The number of nitrogens with zero attached hydrogens (tertiary/aromatic N) is 3. The van der Waals surface area contributed by atoms with Crippen LogP contribution in [0.3, 0.4) is 0 Å². The monoisotopic (exact) mass is 282 g/mol. The molecule has 2 aromatic rings. The lowest BCUT2D eigenvalue weighted by atomic mass is 10.1. The van der Waals surface area contributed by atoms with E-state index in [0.29, 0.717) is 16.9 Å². The van der Waals surface area contributed by atoms with E-state index < -0.39 is 31.2 Å². The molecule has 0 amide bonds. The van der Waals surface area contributed by atoms with Crippen molar-refractivity contribution in [2.75, 3.05) is 12.3 Å². The zero-order chi connectivity index (χ0) is 14.4. The summed E-state index contributed by atoms with van der Waals surface area (Å²) < 4.78 is 21.0. The smallest absolute Gasteiger partial charge is 0.173 e. The number of aliphatic hydroxyl groups excluding tert-OH is 2. The standard InChI is InChI=1S/C12H15FN4O3/c1-5-2-17(11-7(5)10(14)15-4-16-11)12-8(13)9(19)6(3-18)20-12/h2,4,6,8-9,12,18-19H,3H2,1H3,(H2,14,15,16)/t6-,8+,9-,12-/m1/s1. The Bertz CT molecular complexity index is 647. The highest BCUT2D eigenvalue weighted by atomic mass is 19.1. The van der Waals surface area contributed by atoms with Gasteiger partial charge in [0.15, 0.2) is 12.4 Å². The van der Waals surface area contributed by atoms with E-state index >= 15 is 0 Å². The van der Waals surface area contributed by atoms with Crippen molar-refractivity contribution in [3.05, 3.63) is 18.1 Å². The number of nitrogens with two attached hydrogens (primary N) is 1. The summed E-state index contributed by atoms with van der Waals surface area (Å²) >= 11 is 0. The summed E-state index contributed by atoms with van der Waals surface area (Å²) in [5.41, 5.74) is 7.02. The van der Waals surface area contributed by atoms with Crippen LogP contribution in [0.1, 0.15) is 11.8 Å². The van der Waals surface area contributed by atoms with Crippen LogP contribution < -0.4 is 5.73 Å². The predicted molar refractivity (Wildman–Crippen MR) is 68.6 cm³/mol. The topological polar surface area (TPSA) is 106 Å². The number of aromatic nitrogens is 3. The lowest BCUT2D eigenvalue weighted by Gasteiger charge is -2.15. The van der Waals surface area contributed by atoms with E-state index in [4.69, 9.17) is 15.6 Å². The van der Waals surface area contributed by atoms with Crippen molar-refractivity contribution in [1.82, 2.24) is 14.5 Å². The molecule has 3 rings (SSSR count). The minimum atomic E-state index is -1.65. The number of halogens is 1. The molecular formula is C12H15FN4O3. The Morgan fingerprint density at radius 3 is 2.90 bits per heavy atom. The van der Waals surface area contributed by atoms with Crippen LogP contribution in [0.25, 0.3) is 11.0 Å². The van der Waals surface area contributed by atoms with Crippen molar-refractivity contribution in [3.63, 3.8) is 0 Å². The van der Waals surface area contributed by atoms with Gasteiger partial charge in [0.25, 0.3) is 0 Å². The quantitative estimate of drug-likeness (QED) is 0.711. The van der Waals surface area contributed by atoms with Crippen molar-refractivity contribution < 1.29 is 19.3 Å². The molecule has 20 heavy (non-hydrogen) atoms. The number of aryl methyl sites for hydroxylation is 1. The molecule has 0 bridgehead atoms. The Morgan fingerprint density at radius 1 is 1.50 bits per heavy atom. The first-order valence-electron chi connectivity index (χ1n) is 6.20. The highest BCUT2D eigenvalue weighted by molar-refractivity contribution is 5.89. The average molecular weight is 282 g/mol. The first-order valence-corrected chi connectivity index (χ1v) is 6.20. The van der Waals surface area contributed by atoms with Gasteiger partial charge in [-0.05, 0) is 12.5 Å². The number of nitrogen functional groups attached to an aromatic ring is 1. The third-order valence-electron chi connectivity index (χ3n) is 3.58. The maximum atomic E-state index is 14.2. The van der Waals surface area contributed by atoms with Gasteiger partial charge in [-0.15, -0.1) is 0 Å². The van der Waals surface area contributed by atoms with Gasteiger partial charge >= 0.3 is 0 Å². The van der Waals surface area contributed by atoms with Gasteiger partial charge in [-0.25, -0.2) is 14.4 Å². The molecule has 0 aromatic carbocycles. The third-order valence-corrected chi connectivity index (χ3v) is 3.58. The molecule has 4 N–H and O–H groups in total. The summed E-state index contributed by atoms with van der Waals surface area (Å²) in [6.45, 7) is 1.36. The van der Waals surface area contributed by atoms with Crippen molar-refractivity contribution in [1.29, 1.82) is 0 Å². The summed E-state index contributed by atoms with van der Waals surface area (Å²) in [4.78, 5) is 8.00. The molecule has 108 valence electrons. The Morgan fingerprint density at radius 2 is 2.25 bits per heavy atom. The molecule has 1 saturated heterocycles. The van der Waals surface area contributed by atoms with Crippen LogP contribution in [0.15, 0.2) is 12.5 Å². The molecule has 0 saturated carbocycles. The second-order valence-corrected chi connectivity index (χ2v) is 4.86. The number of aliphatic hydroxyl groups is 2. The number of anilines is 1. The zero-order valence-corrected chi connectivity index (χ0v) is 10.8. The SMILES string of the molecule is Cc1cn([C@@H]2O[C@H](CO)[C@@H](O)[C@@H]2F)c2ncnc(N)c12. The molecule has 4 atom stereocenters. The summed E-state index contributed by atoms with van der Waals surface area (Å²) in [6.07, 6.45) is -2.09. The summed E-state index contributed by atoms with van der Waals surface area (Å²) in [7, 11) is 0. The first kappa shape index (κ1) is 13.2. The molecule has 0 radical (unpaired) electrons. The molecule has 7 nitrogen and oxygen atoms in total. The normalized spacial score (nSPS) is 30.2. The van der Waals surface area contributed by atoms with Crippen molar-refractivity contribution in [3.8, 4) is 0 Å². The minimum Gasteiger partial charge on any atom is -0.394 e. The number of ether oxygens (including phenoxy) is 1. The van der Waals surface area contributed by atoms with Crippen LogP contribution in [0.5, 0.6) is 0 Å². The minimum absolute atomic E-state index is 0.305. The molecule has 8 heteroatoms. The van der Waals surface area contributed by atoms with E-state index in [1.54, 1.807) is 13.1 Å². The van der Waals surface area contributed by atoms with E-state index in [-0.39, 0.29) is 0 Å². The number of alkyl halides is 1. The Labute approximate surface area is 113 Å². The lowest BCUT2D eigenvalue weighted by Crippen LogP contribution is -2.30. The highest BCUT2D eigenvalue weighted by Crippen LogP contribution is 2.35. The molecule has 2 aromatic heterocycles. The number of rotatable bonds is 2. The van der Waals surface area contributed by atoms with Crippen LogP contribution in [0.2, 0.25) is 0 Å². The van der Waals surface area contributed by atoms with Gasteiger partial charge in [0, 0.05) is 6.20 Å². The van der Waals surface area contributed by atoms with E-state index in [1.165, 1.54) is 10.9 Å². The molecule has 1 aliphatic rings. The van der Waals surface area contributed by atoms with Crippen LogP contribution in [0, 0.1) is 6.92 Å². The fraction of sp³-hybridized carbons (Fsp3) is 0.500. The van der Waals surface area contributed by atoms with Crippen LogP contribution in [0.4, 0.5) is 10.2 Å². The van der Waals surface area contributed by atoms with Crippen molar-refractivity contribution >= 4 is 16.9 Å². The van der Waals surface area contributed by atoms with E-state index in [0.717, 1.165) is 5.56 Å². The Balaban J connectivity index is 2.10. The van der Waals surface area contributed by atoms with Gasteiger partial charge in [-0.3, -0.25) is 0 Å². The van der Waals surface area contributed by atoms with Gasteiger partial charge in [0.1, 0.15) is 30.0 Å². The largest absolute Gasteiger partial charge is 0.394 e. The zero-order valence-electron chi connectivity index (χ0n) is 10.8. The van der Waals surface area contributed by atoms with Gasteiger partial charge < -0.3 is 25.3 Å². The maximum Gasteiger partial charge on any atom is 0.173 e. The Kier molecular flexibility index (Phi) is 3.08. The Hall–Kier alpha value is -1.77. The predicted octanol–water partition coefficient (Wildman–Crippen LogP) is -0.0894. The molecule has 0 spiro atoms. The second-order valence-electron chi connectivity index (χ2n) is 4.86. The fourth-order valence-electron chi connectivity index (χ4n) is 2.57. The van der Waals surface area contributed by atoms with Crippen LogP contribution in [-0.4, -0.2) is 49.7 Å². The third kappa shape index (κ3) is 1.76. The summed E-state index contributed by atoms with van der Waals surface area (Å²) in [5, 5.41) is 19.4. The van der Waals surface area contributed by atoms with E-state index in [1.807, 2.05) is 0 Å². The fourth-order valence-corrected chi connectivity index (χ4v) is 2.57. The average Bonchev–Trinajstić information content (AvgIpc) is 2.90.